The Morgan fingerprint density at radius 1 is 1.38 bits per heavy atom. The summed E-state index contributed by atoms with van der Waals surface area (Å²) in [5.41, 5.74) is 0. The van der Waals surface area contributed by atoms with Crippen molar-refractivity contribution in [2.45, 2.75) is 24.6 Å². The molecule has 0 bridgehead atoms. The molecule has 4 N–H and O–H groups in total. The molecular formula is C5H10O7P+. The molecule has 1 saturated heterocycles. The molecule has 0 aliphatic carbocycles. The van der Waals surface area contributed by atoms with E-state index in [1.165, 1.54) is 0 Å². The van der Waals surface area contributed by atoms with Gasteiger partial charge in [-0.2, -0.15) is 0 Å². The average molecular weight is 213 g/mol. The number of rotatable bonds is 2. The normalized spacial score (nSPS) is 41.7. The second-order valence-corrected chi connectivity index (χ2v) is 3.28. The lowest BCUT2D eigenvalue weighted by Gasteiger charge is -2.31. The van der Waals surface area contributed by atoms with Gasteiger partial charge in [-0.25, -0.2) is 0 Å². The van der Waals surface area contributed by atoms with Gasteiger partial charge in [-0.3, -0.25) is 0 Å². The van der Waals surface area contributed by atoms with Crippen molar-refractivity contribution < 1.29 is 34.0 Å². The maximum Gasteiger partial charge on any atom is 0.695 e. The molecule has 1 aliphatic rings. The fourth-order valence-corrected chi connectivity index (χ4v) is 1.43. The molecule has 0 aromatic carbocycles. The molecule has 1 unspecified atom stereocenters. The van der Waals surface area contributed by atoms with Gasteiger partial charge in [0.2, 0.25) is 0 Å². The van der Waals surface area contributed by atoms with Gasteiger partial charge in [-0.1, -0.05) is 0 Å². The predicted octanol–water partition coefficient (Wildman–Crippen LogP) is -1.91. The van der Waals surface area contributed by atoms with E-state index in [9.17, 15) is 9.67 Å². The van der Waals surface area contributed by atoms with Crippen LogP contribution < -0.4 is 0 Å². The summed E-state index contributed by atoms with van der Waals surface area (Å²) in [6.07, 6.45) is -5.58. The lowest BCUT2D eigenvalue weighted by molar-refractivity contribution is -0.245. The Hall–Kier alpha value is -0.140. The highest BCUT2D eigenvalue weighted by Crippen LogP contribution is 2.26. The third-order valence-electron chi connectivity index (χ3n) is 1.66. The Bertz CT molecular complexity index is 197. The molecule has 5 atom stereocenters. The van der Waals surface area contributed by atoms with Crippen molar-refractivity contribution in [3.05, 3.63) is 0 Å². The summed E-state index contributed by atoms with van der Waals surface area (Å²) in [5, 5.41) is 27.3. The van der Waals surface area contributed by atoms with Gasteiger partial charge in [-0.05, 0) is 0 Å². The second-order valence-electron chi connectivity index (χ2n) is 2.59. The van der Waals surface area contributed by atoms with Crippen LogP contribution in [-0.2, 0) is 13.8 Å². The third-order valence-corrected chi connectivity index (χ3v) is 2.09. The summed E-state index contributed by atoms with van der Waals surface area (Å²) in [6, 6.07) is 0. The maximum absolute atomic E-state index is 10.2. The first kappa shape index (κ1) is 10.9. The highest BCUT2D eigenvalue weighted by Gasteiger charge is 2.44. The van der Waals surface area contributed by atoms with E-state index < -0.39 is 32.9 Å². The number of hydrogen-bond donors (Lipinski definition) is 4. The summed E-state index contributed by atoms with van der Waals surface area (Å²) in [7, 11) is -2.96. The Balaban J connectivity index is 2.60. The summed E-state index contributed by atoms with van der Waals surface area (Å²) in [4.78, 5) is 8.35. The molecule has 0 spiro atoms. The Morgan fingerprint density at radius 3 is 2.54 bits per heavy atom. The van der Waals surface area contributed by atoms with Crippen LogP contribution in [0.15, 0.2) is 0 Å². The highest BCUT2D eigenvalue weighted by atomic mass is 31.1. The summed E-state index contributed by atoms with van der Waals surface area (Å²) < 4.78 is 19.1. The summed E-state index contributed by atoms with van der Waals surface area (Å²) in [5.74, 6) is 0. The molecule has 0 aromatic heterocycles. The zero-order valence-electron chi connectivity index (χ0n) is 6.48. The van der Waals surface area contributed by atoms with Crippen LogP contribution in [0.25, 0.3) is 0 Å². The summed E-state index contributed by atoms with van der Waals surface area (Å²) >= 11 is 0. The number of aliphatic hydroxyl groups is 3. The van der Waals surface area contributed by atoms with Crippen LogP contribution in [0, 0.1) is 0 Å². The van der Waals surface area contributed by atoms with Gasteiger partial charge in [0.15, 0.2) is 12.4 Å². The first-order valence-corrected chi connectivity index (χ1v) is 4.64. The number of aliphatic hydroxyl groups excluding tert-OH is 3. The molecule has 0 amide bonds. The Kier molecular flexibility index (Phi) is 3.69. The van der Waals surface area contributed by atoms with Gasteiger partial charge in [0.25, 0.3) is 0 Å². The Morgan fingerprint density at radius 2 is 2.00 bits per heavy atom. The largest absolute Gasteiger partial charge is 0.695 e. The summed E-state index contributed by atoms with van der Waals surface area (Å²) in [6.45, 7) is -0.246. The third kappa shape index (κ3) is 2.65. The van der Waals surface area contributed by atoms with Crippen LogP contribution >= 0.6 is 8.25 Å². The van der Waals surface area contributed by atoms with Gasteiger partial charge in [0.1, 0.15) is 12.2 Å². The van der Waals surface area contributed by atoms with Crippen LogP contribution in [0.1, 0.15) is 0 Å². The van der Waals surface area contributed by atoms with E-state index in [1.807, 2.05) is 0 Å². The van der Waals surface area contributed by atoms with Crippen LogP contribution in [-0.4, -0.2) is 51.4 Å². The van der Waals surface area contributed by atoms with E-state index in [0.717, 1.165) is 0 Å². The predicted molar refractivity (Wildman–Crippen MR) is 38.7 cm³/mol. The fourth-order valence-electron chi connectivity index (χ4n) is 0.997. The van der Waals surface area contributed by atoms with Gasteiger partial charge in [-0.15, -0.1) is 9.42 Å². The first-order valence-electron chi connectivity index (χ1n) is 3.51. The maximum atomic E-state index is 10.2. The highest BCUT2D eigenvalue weighted by molar-refractivity contribution is 7.32. The monoisotopic (exact) mass is 213 g/mol. The topological polar surface area (TPSA) is 116 Å². The molecule has 0 saturated carbocycles. The molecule has 1 heterocycles. The minimum absolute atomic E-state index is 0.246. The molecule has 7 nitrogen and oxygen atoms in total. The molecule has 1 fully saturated rings. The average Bonchev–Trinajstić information content (AvgIpc) is 2.05. The van der Waals surface area contributed by atoms with Gasteiger partial charge < -0.3 is 20.1 Å². The standard InChI is InChI=1S/C5H9O7P/c6-2-1-11-5(8)4(3(2)7)12-13(9)10/h2-8H,1H2/p+1/t2-,3-,4+,5+/m0/s1. The van der Waals surface area contributed by atoms with Crippen LogP contribution in [0.5, 0.6) is 0 Å². The second kappa shape index (κ2) is 4.39. The van der Waals surface area contributed by atoms with Crippen molar-refractivity contribution >= 4 is 8.25 Å². The quantitative estimate of drug-likeness (QED) is 0.395. The van der Waals surface area contributed by atoms with E-state index in [4.69, 9.17) is 15.1 Å². The smallest absolute Gasteiger partial charge is 0.388 e. The molecular weight excluding hydrogens is 203 g/mol. The lowest BCUT2D eigenvalue weighted by atomic mass is 10.1. The van der Waals surface area contributed by atoms with Crippen molar-refractivity contribution in [2.75, 3.05) is 6.61 Å². The van der Waals surface area contributed by atoms with Gasteiger partial charge in [0, 0.05) is 4.57 Å². The van der Waals surface area contributed by atoms with E-state index in [0.29, 0.717) is 0 Å². The van der Waals surface area contributed by atoms with E-state index in [2.05, 4.69) is 9.26 Å². The molecule has 13 heavy (non-hydrogen) atoms. The van der Waals surface area contributed by atoms with Crippen LogP contribution in [0.3, 0.4) is 0 Å². The van der Waals surface area contributed by atoms with Gasteiger partial charge in [0.05, 0.1) is 6.61 Å². The number of ether oxygens (including phenoxy) is 1. The SMILES string of the molecule is O=[P+](O)O[C@@H]1[C@@H](O)[C@@H](O)CO[C@H]1O. The zero-order valence-corrected chi connectivity index (χ0v) is 7.37. The van der Waals surface area contributed by atoms with Crippen molar-refractivity contribution in [1.82, 2.24) is 0 Å². The van der Waals surface area contributed by atoms with Crippen LogP contribution in [0.2, 0.25) is 0 Å². The first-order chi connectivity index (χ1) is 6.02. The molecule has 0 aromatic rings. The van der Waals surface area contributed by atoms with Crippen molar-refractivity contribution in [1.29, 1.82) is 0 Å². The molecule has 8 heteroatoms. The minimum Gasteiger partial charge on any atom is -0.388 e. The van der Waals surface area contributed by atoms with Crippen molar-refractivity contribution in [2.24, 2.45) is 0 Å². The van der Waals surface area contributed by atoms with E-state index in [1.54, 1.807) is 0 Å². The van der Waals surface area contributed by atoms with Crippen LogP contribution in [0.4, 0.5) is 0 Å². The molecule has 1 rings (SSSR count). The van der Waals surface area contributed by atoms with E-state index >= 15 is 0 Å². The molecule has 76 valence electrons. The van der Waals surface area contributed by atoms with E-state index in [-0.39, 0.29) is 6.61 Å². The zero-order chi connectivity index (χ0) is 10.0. The minimum atomic E-state index is -2.96. The molecule has 0 radical (unpaired) electrons. The van der Waals surface area contributed by atoms with Gasteiger partial charge >= 0.3 is 8.25 Å². The molecule has 1 aliphatic heterocycles. The lowest BCUT2D eigenvalue weighted by Crippen LogP contribution is -2.53. The number of hydrogen-bond acceptors (Lipinski definition) is 6. The van der Waals surface area contributed by atoms with Crippen molar-refractivity contribution in [3.8, 4) is 0 Å². The fraction of sp³-hybridized carbons (Fsp3) is 1.00. The Labute approximate surface area is 74.5 Å². The van der Waals surface area contributed by atoms with Crippen molar-refractivity contribution in [3.63, 3.8) is 0 Å².